The van der Waals surface area contributed by atoms with E-state index in [-0.39, 0.29) is 18.8 Å². The van der Waals surface area contributed by atoms with Crippen molar-refractivity contribution >= 4 is 34.9 Å². The largest absolute Gasteiger partial charge is 0.493 e. The van der Waals surface area contributed by atoms with E-state index in [0.717, 1.165) is 5.56 Å². The molecule has 0 bridgehead atoms. The summed E-state index contributed by atoms with van der Waals surface area (Å²) in [4.78, 5) is 17.0. The highest BCUT2D eigenvalue weighted by Crippen LogP contribution is 2.35. The van der Waals surface area contributed by atoms with Crippen LogP contribution in [-0.4, -0.2) is 35.0 Å². The molecule has 11 heteroatoms. The Morgan fingerprint density at radius 2 is 1.79 bits per heavy atom. The molecule has 198 valence electrons. The van der Waals surface area contributed by atoms with E-state index in [1.165, 1.54) is 37.4 Å². The van der Waals surface area contributed by atoms with Crippen molar-refractivity contribution < 1.29 is 23.4 Å². The summed E-state index contributed by atoms with van der Waals surface area (Å²) in [6, 6.07) is 11.6. The zero-order valence-electron chi connectivity index (χ0n) is 20.7. The Labute approximate surface area is 229 Å². The molecule has 0 saturated heterocycles. The van der Waals surface area contributed by atoms with E-state index in [1.807, 2.05) is 0 Å². The third kappa shape index (κ3) is 6.73. The van der Waals surface area contributed by atoms with Crippen LogP contribution in [-0.2, 0) is 29.0 Å². The minimum absolute atomic E-state index is 0.138. The zero-order chi connectivity index (χ0) is 27.1. The lowest BCUT2D eigenvalue weighted by atomic mass is 10.0. The van der Waals surface area contributed by atoms with Crippen LogP contribution in [0.5, 0.6) is 11.5 Å². The van der Waals surface area contributed by atoms with Gasteiger partial charge in [0.25, 0.3) is 0 Å². The summed E-state index contributed by atoms with van der Waals surface area (Å²) in [7, 11) is 3.06. The number of nitrogens with zero attached hydrogens (tertiary/aromatic N) is 3. The minimum atomic E-state index is -0.738. The Balaban J connectivity index is 1.49. The molecule has 0 saturated carbocycles. The van der Waals surface area contributed by atoms with E-state index in [4.69, 9.17) is 37.4 Å². The van der Waals surface area contributed by atoms with Gasteiger partial charge in [-0.3, -0.25) is 14.5 Å². The van der Waals surface area contributed by atoms with Gasteiger partial charge in [0, 0.05) is 37.1 Å². The van der Waals surface area contributed by atoms with Gasteiger partial charge in [-0.05, 0) is 35.4 Å². The van der Waals surface area contributed by atoms with Gasteiger partial charge in [-0.15, -0.1) is 0 Å². The molecule has 2 aromatic carbocycles. The lowest BCUT2D eigenvalue weighted by Crippen LogP contribution is -2.19. The van der Waals surface area contributed by atoms with Crippen molar-refractivity contribution in [2.75, 3.05) is 19.5 Å². The molecule has 2 heterocycles. The fourth-order valence-corrected chi connectivity index (χ4v) is 4.33. The van der Waals surface area contributed by atoms with E-state index >= 15 is 0 Å². The van der Waals surface area contributed by atoms with Crippen LogP contribution in [0.4, 0.5) is 10.1 Å². The average molecular weight is 559 g/mol. The maximum atomic E-state index is 13.8. The Hall–Kier alpha value is -3.82. The number of para-hydroxylation sites is 1. The maximum Gasteiger partial charge on any atom is 0.328 e. The monoisotopic (exact) mass is 558 g/mol. The first-order valence-electron chi connectivity index (χ1n) is 11.6. The molecule has 0 radical (unpaired) electrons. The summed E-state index contributed by atoms with van der Waals surface area (Å²) >= 11 is 12.7. The van der Waals surface area contributed by atoms with Crippen LogP contribution in [0, 0.1) is 5.82 Å². The van der Waals surface area contributed by atoms with Crippen LogP contribution in [0.2, 0.25) is 10.0 Å². The predicted molar refractivity (Wildman–Crippen MR) is 142 cm³/mol. The summed E-state index contributed by atoms with van der Waals surface area (Å²) in [5.41, 5.74) is 2.41. The van der Waals surface area contributed by atoms with Gasteiger partial charge in [0.2, 0.25) is 0 Å². The Bertz CT molecular complexity index is 1400. The molecule has 2 aromatic heterocycles. The SMILES string of the molecule is COc1ccc([C@H](Cc2c(Cl)cncc2Cl)OC(=O)Cn2cc(CNc3ccccc3F)cn2)cc1OC. The molecular weight excluding hydrogens is 534 g/mol. The highest BCUT2D eigenvalue weighted by molar-refractivity contribution is 6.35. The van der Waals surface area contributed by atoms with Crippen molar-refractivity contribution in [3.05, 3.63) is 99.8 Å². The molecule has 4 aromatic rings. The average Bonchev–Trinajstić information content (AvgIpc) is 3.36. The topological polar surface area (TPSA) is 87.5 Å². The fourth-order valence-electron chi connectivity index (χ4n) is 3.81. The summed E-state index contributed by atoms with van der Waals surface area (Å²) in [5, 5.41) is 7.96. The van der Waals surface area contributed by atoms with Crippen LogP contribution >= 0.6 is 23.2 Å². The molecule has 38 heavy (non-hydrogen) atoms. The van der Waals surface area contributed by atoms with Crippen LogP contribution < -0.4 is 14.8 Å². The Morgan fingerprint density at radius 1 is 1.05 bits per heavy atom. The highest BCUT2D eigenvalue weighted by Gasteiger charge is 2.23. The quantitative estimate of drug-likeness (QED) is 0.230. The Morgan fingerprint density at radius 3 is 2.50 bits per heavy atom. The van der Waals surface area contributed by atoms with Crippen molar-refractivity contribution in [2.45, 2.75) is 25.6 Å². The third-order valence-electron chi connectivity index (χ3n) is 5.73. The third-order valence-corrected chi connectivity index (χ3v) is 6.38. The number of benzene rings is 2. The maximum absolute atomic E-state index is 13.8. The van der Waals surface area contributed by atoms with E-state index < -0.39 is 12.1 Å². The first-order valence-corrected chi connectivity index (χ1v) is 12.3. The number of anilines is 1. The molecule has 1 atom stereocenters. The second-order valence-electron chi connectivity index (χ2n) is 8.26. The van der Waals surface area contributed by atoms with Crippen molar-refractivity contribution in [1.29, 1.82) is 0 Å². The molecular formula is C27H25Cl2FN4O4. The molecule has 0 amide bonds. The van der Waals surface area contributed by atoms with E-state index in [2.05, 4.69) is 15.4 Å². The van der Waals surface area contributed by atoms with Gasteiger partial charge in [0.1, 0.15) is 18.5 Å². The van der Waals surface area contributed by atoms with E-state index in [9.17, 15) is 9.18 Å². The number of hydrogen-bond donors (Lipinski definition) is 1. The highest BCUT2D eigenvalue weighted by atomic mass is 35.5. The molecule has 1 N–H and O–H groups in total. The number of aromatic nitrogens is 3. The standard InChI is InChI=1S/C27H25Cl2FN4O4/c1-36-24-8-7-18(9-26(24)37-2)25(10-19-20(28)13-31-14-21(19)29)38-27(35)16-34-15-17(12-33-34)11-32-23-6-4-3-5-22(23)30/h3-9,12-15,25,32H,10-11,16H2,1-2H3/t25-/m0/s1. The number of halogens is 3. The molecule has 8 nitrogen and oxygen atoms in total. The summed E-state index contributed by atoms with van der Waals surface area (Å²) in [6.07, 6.45) is 5.73. The summed E-state index contributed by atoms with van der Waals surface area (Å²) in [6.45, 7) is 0.199. The minimum Gasteiger partial charge on any atom is -0.493 e. The molecule has 0 fully saturated rings. The van der Waals surface area contributed by atoms with E-state index in [0.29, 0.717) is 44.9 Å². The second kappa shape index (κ2) is 12.6. The number of rotatable bonds is 11. The lowest BCUT2D eigenvalue weighted by molar-refractivity contribution is -0.150. The number of carbonyl (C=O) groups excluding carboxylic acids is 1. The molecule has 0 spiro atoms. The van der Waals surface area contributed by atoms with Gasteiger partial charge in [-0.1, -0.05) is 41.4 Å². The van der Waals surface area contributed by atoms with Crippen LogP contribution in [0.1, 0.15) is 22.8 Å². The van der Waals surface area contributed by atoms with Gasteiger partial charge in [-0.25, -0.2) is 4.39 Å². The fraction of sp³-hybridized carbons (Fsp3) is 0.222. The van der Waals surface area contributed by atoms with Gasteiger partial charge < -0.3 is 19.5 Å². The number of nitrogens with one attached hydrogen (secondary N) is 1. The van der Waals surface area contributed by atoms with E-state index in [1.54, 1.807) is 48.8 Å². The zero-order valence-corrected chi connectivity index (χ0v) is 22.2. The van der Waals surface area contributed by atoms with Crippen molar-refractivity contribution in [3.63, 3.8) is 0 Å². The smallest absolute Gasteiger partial charge is 0.328 e. The molecule has 0 unspecified atom stereocenters. The normalized spacial score (nSPS) is 11.6. The van der Waals surface area contributed by atoms with Crippen LogP contribution in [0.15, 0.2) is 67.3 Å². The summed E-state index contributed by atoms with van der Waals surface area (Å²) in [5.74, 6) is 0.147. The van der Waals surface area contributed by atoms with Crippen molar-refractivity contribution in [3.8, 4) is 11.5 Å². The van der Waals surface area contributed by atoms with Gasteiger partial charge in [0.15, 0.2) is 11.5 Å². The first kappa shape index (κ1) is 27.2. The number of pyridine rings is 1. The van der Waals surface area contributed by atoms with Crippen molar-refractivity contribution in [1.82, 2.24) is 14.8 Å². The molecule has 0 aliphatic heterocycles. The second-order valence-corrected chi connectivity index (χ2v) is 9.07. The van der Waals surface area contributed by atoms with Gasteiger partial charge >= 0.3 is 5.97 Å². The van der Waals surface area contributed by atoms with Crippen molar-refractivity contribution in [2.24, 2.45) is 0 Å². The van der Waals surface area contributed by atoms with Gasteiger partial charge in [-0.2, -0.15) is 5.10 Å². The molecule has 0 aliphatic carbocycles. The predicted octanol–water partition coefficient (Wildman–Crippen LogP) is 5.88. The number of methoxy groups -OCH3 is 2. The number of ether oxygens (including phenoxy) is 3. The molecule has 4 rings (SSSR count). The van der Waals surface area contributed by atoms with Crippen LogP contribution in [0.3, 0.4) is 0 Å². The number of carbonyl (C=O) groups is 1. The summed E-state index contributed by atoms with van der Waals surface area (Å²) < 4.78 is 31.9. The molecule has 0 aliphatic rings. The number of esters is 1. The first-order chi connectivity index (χ1) is 18.4. The Kier molecular flexibility index (Phi) is 9.04. The van der Waals surface area contributed by atoms with Gasteiger partial charge in [0.05, 0.1) is 36.1 Å². The lowest BCUT2D eigenvalue weighted by Gasteiger charge is -2.21. The number of hydrogen-bond acceptors (Lipinski definition) is 7. The van der Waals surface area contributed by atoms with Crippen LogP contribution in [0.25, 0.3) is 0 Å².